The highest BCUT2D eigenvalue weighted by Crippen LogP contribution is 2.44. The van der Waals surface area contributed by atoms with E-state index < -0.39 is 5.82 Å². The Balaban J connectivity index is 1.62. The van der Waals surface area contributed by atoms with E-state index >= 15 is 0 Å². The molecular formula is C20H25ClFN. The molecule has 0 unspecified atom stereocenters. The molecule has 2 aliphatic rings. The Morgan fingerprint density at radius 3 is 2.09 bits per heavy atom. The van der Waals surface area contributed by atoms with Crippen molar-refractivity contribution in [2.75, 3.05) is 0 Å². The number of hydrogen-bond donors (Lipinski definition) is 0. The monoisotopic (exact) mass is 333 g/mol. The first-order valence-electron chi connectivity index (χ1n) is 8.97. The summed E-state index contributed by atoms with van der Waals surface area (Å²) in [7, 11) is 0. The highest BCUT2D eigenvalue weighted by molar-refractivity contribution is 6.31. The van der Waals surface area contributed by atoms with Gasteiger partial charge in [0.1, 0.15) is 17.4 Å². The third-order valence-electron chi connectivity index (χ3n) is 6.15. The molecule has 124 valence electrons. The Morgan fingerprint density at radius 2 is 1.57 bits per heavy atom. The van der Waals surface area contributed by atoms with Gasteiger partial charge in [-0.2, -0.15) is 5.26 Å². The fourth-order valence-corrected chi connectivity index (χ4v) is 4.87. The van der Waals surface area contributed by atoms with Crippen LogP contribution in [0.5, 0.6) is 0 Å². The van der Waals surface area contributed by atoms with Crippen molar-refractivity contribution in [1.82, 2.24) is 0 Å². The van der Waals surface area contributed by atoms with Crippen molar-refractivity contribution in [3.05, 3.63) is 34.1 Å². The minimum absolute atomic E-state index is 0.0274. The van der Waals surface area contributed by atoms with Crippen LogP contribution in [0, 0.1) is 34.9 Å². The molecular weight excluding hydrogens is 309 g/mol. The summed E-state index contributed by atoms with van der Waals surface area (Å²) < 4.78 is 14.0. The molecule has 2 fully saturated rings. The van der Waals surface area contributed by atoms with Crippen molar-refractivity contribution in [2.45, 2.75) is 64.2 Å². The fraction of sp³-hybridized carbons (Fsp3) is 0.650. The summed E-state index contributed by atoms with van der Waals surface area (Å²) in [6, 6.07) is 5.17. The average molecular weight is 334 g/mol. The molecule has 0 saturated heterocycles. The summed E-state index contributed by atoms with van der Waals surface area (Å²) in [6.07, 6.45) is 10.3. The van der Waals surface area contributed by atoms with Crippen LogP contribution in [0.3, 0.4) is 0 Å². The molecule has 0 bridgehead atoms. The molecule has 2 saturated carbocycles. The van der Waals surface area contributed by atoms with E-state index in [2.05, 4.69) is 6.92 Å². The van der Waals surface area contributed by atoms with Gasteiger partial charge in [0.25, 0.3) is 0 Å². The Morgan fingerprint density at radius 1 is 1.00 bits per heavy atom. The highest BCUT2D eigenvalue weighted by Gasteiger charge is 2.30. The van der Waals surface area contributed by atoms with Gasteiger partial charge in [0.05, 0.1) is 5.02 Å². The van der Waals surface area contributed by atoms with Crippen LogP contribution >= 0.6 is 11.6 Å². The van der Waals surface area contributed by atoms with Gasteiger partial charge in [-0.3, -0.25) is 0 Å². The third kappa shape index (κ3) is 3.72. The van der Waals surface area contributed by atoms with Crippen molar-refractivity contribution in [3.63, 3.8) is 0 Å². The van der Waals surface area contributed by atoms with Crippen LogP contribution < -0.4 is 0 Å². The standard InChI is InChI=1S/C20H25ClFN/c1-13-2-4-14(5-3-13)15-6-8-16(9-7-15)17-10-19(21)18(12-23)20(22)11-17/h10-11,13-16H,2-9H2,1H3/t13-,14-,15-,16-. The Kier molecular flexibility index (Phi) is 5.27. The molecule has 0 aromatic heterocycles. The quantitative estimate of drug-likeness (QED) is 0.610. The van der Waals surface area contributed by atoms with Crippen molar-refractivity contribution in [1.29, 1.82) is 5.26 Å². The van der Waals surface area contributed by atoms with Gasteiger partial charge >= 0.3 is 0 Å². The van der Waals surface area contributed by atoms with Crippen LogP contribution in [-0.4, -0.2) is 0 Å². The molecule has 1 aromatic rings. The van der Waals surface area contributed by atoms with Gasteiger partial charge < -0.3 is 0 Å². The lowest BCUT2D eigenvalue weighted by Crippen LogP contribution is -2.24. The van der Waals surface area contributed by atoms with E-state index in [1.54, 1.807) is 6.07 Å². The second-order valence-corrected chi connectivity index (χ2v) is 8.01. The normalized spacial score (nSPS) is 31.6. The van der Waals surface area contributed by atoms with E-state index in [0.717, 1.165) is 36.2 Å². The summed E-state index contributed by atoms with van der Waals surface area (Å²) in [5.41, 5.74) is 0.947. The lowest BCUT2D eigenvalue weighted by molar-refractivity contribution is 0.165. The molecule has 0 heterocycles. The largest absolute Gasteiger partial charge is 0.205 e. The third-order valence-corrected chi connectivity index (χ3v) is 6.44. The zero-order chi connectivity index (χ0) is 16.4. The SMILES string of the molecule is C[C@H]1CC[C@H]([C@H]2CC[C@H](c3cc(F)c(C#N)c(Cl)c3)CC2)CC1. The lowest BCUT2D eigenvalue weighted by atomic mass is 9.68. The molecule has 0 spiro atoms. The van der Waals surface area contributed by atoms with E-state index in [1.807, 2.05) is 6.07 Å². The highest BCUT2D eigenvalue weighted by atomic mass is 35.5. The van der Waals surface area contributed by atoms with E-state index in [1.165, 1.54) is 44.6 Å². The smallest absolute Gasteiger partial charge is 0.142 e. The van der Waals surface area contributed by atoms with Crippen LogP contribution in [0.4, 0.5) is 4.39 Å². The maximum Gasteiger partial charge on any atom is 0.142 e. The van der Waals surface area contributed by atoms with Crippen molar-refractivity contribution >= 4 is 11.6 Å². The summed E-state index contributed by atoms with van der Waals surface area (Å²) in [4.78, 5) is 0. The zero-order valence-corrected chi connectivity index (χ0v) is 14.6. The van der Waals surface area contributed by atoms with E-state index in [9.17, 15) is 4.39 Å². The van der Waals surface area contributed by atoms with Crippen molar-refractivity contribution in [2.24, 2.45) is 17.8 Å². The van der Waals surface area contributed by atoms with E-state index in [0.29, 0.717) is 5.92 Å². The molecule has 0 amide bonds. The molecule has 0 atom stereocenters. The molecule has 3 rings (SSSR count). The predicted octanol–water partition coefficient (Wildman–Crippen LogP) is 6.45. The minimum Gasteiger partial charge on any atom is -0.205 e. The Labute approximate surface area is 143 Å². The van der Waals surface area contributed by atoms with E-state index in [-0.39, 0.29) is 10.6 Å². The maximum atomic E-state index is 14.0. The maximum absolute atomic E-state index is 14.0. The number of nitriles is 1. The van der Waals surface area contributed by atoms with Crippen molar-refractivity contribution in [3.8, 4) is 6.07 Å². The number of halogens is 2. The summed E-state index contributed by atoms with van der Waals surface area (Å²) in [5.74, 6) is 2.60. The van der Waals surface area contributed by atoms with E-state index in [4.69, 9.17) is 16.9 Å². The molecule has 23 heavy (non-hydrogen) atoms. The molecule has 0 N–H and O–H groups in total. The second kappa shape index (κ2) is 7.22. The summed E-state index contributed by atoms with van der Waals surface area (Å²) in [5, 5.41) is 9.18. The molecule has 0 radical (unpaired) electrons. The first-order valence-corrected chi connectivity index (χ1v) is 9.35. The molecule has 1 aromatic carbocycles. The van der Waals surface area contributed by atoms with Gasteiger partial charge in [-0.15, -0.1) is 0 Å². The molecule has 1 nitrogen and oxygen atoms in total. The van der Waals surface area contributed by atoms with Crippen LogP contribution in [0.25, 0.3) is 0 Å². The Hall–Kier alpha value is -1.07. The molecule has 0 aliphatic heterocycles. The van der Waals surface area contributed by atoms with Gasteiger partial charge in [0.15, 0.2) is 0 Å². The first-order chi connectivity index (χ1) is 11.1. The first kappa shape index (κ1) is 16.8. The lowest BCUT2D eigenvalue weighted by Gasteiger charge is -2.37. The zero-order valence-electron chi connectivity index (χ0n) is 13.8. The van der Waals surface area contributed by atoms with Gasteiger partial charge in [0.2, 0.25) is 0 Å². The fourth-order valence-electron chi connectivity index (χ4n) is 4.62. The van der Waals surface area contributed by atoms with Crippen LogP contribution in [0.2, 0.25) is 5.02 Å². The summed E-state index contributed by atoms with van der Waals surface area (Å²) in [6.45, 7) is 2.37. The predicted molar refractivity (Wildman–Crippen MR) is 91.9 cm³/mol. The Bertz CT molecular complexity index is 567. The number of hydrogen-bond acceptors (Lipinski definition) is 1. The molecule has 3 heteroatoms. The topological polar surface area (TPSA) is 23.8 Å². The number of benzene rings is 1. The average Bonchev–Trinajstić information content (AvgIpc) is 2.55. The van der Waals surface area contributed by atoms with Crippen LogP contribution in [0.15, 0.2) is 12.1 Å². The van der Waals surface area contributed by atoms with Gasteiger partial charge in [-0.1, -0.05) is 31.4 Å². The van der Waals surface area contributed by atoms with Gasteiger partial charge in [0, 0.05) is 0 Å². The van der Waals surface area contributed by atoms with Crippen LogP contribution in [-0.2, 0) is 0 Å². The van der Waals surface area contributed by atoms with Crippen molar-refractivity contribution < 1.29 is 4.39 Å². The molecule has 2 aliphatic carbocycles. The number of nitrogens with zero attached hydrogens (tertiary/aromatic N) is 1. The minimum atomic E-state index is -0.474. The second-order valence-electron chi connectivity index (χ2n) is 7.60. The number of rotatable bonds is 2. The summed E-state index contributed by atoms with van der Waals surface area (Å²) >= 11 is 6.06. The van der Waals surface area contributed by atoms with Crippen LogP contribution in [0.1, 0.15) is 75.3 Å². The van der Waals surface area contributed by atoms with Gasteiger partial charge in [-0.05, 0) is 79.9 Å². The van der Waals surface area contributed by atoms with Gasteiger partial charge in [-0.25, -0.2) is 4.39 Å².